The largest absolute Gasteiger partial charge is 0.481 e. The molecule has 0 aromatic rings. The van der Waals surface area contributed by atoms with Crippen LogP contribution in [0.3, 0.4) is 0 Å². The Labute approximate surface area is 100 Å². The summed E-state index contributed by atoms with van der Waals surface area (Å²) in [4.78, 5) is 22.0. The molecule has 0 bridgehead atoms. The summed E-state index contributed by atoms with van der Waals surface area (Å²) in [5, 5.41) is 11.1. The molecule has 0 aliphatic rings. The van der Waals surface area contributed by atoms with Gasteiger partial charge in [0, 0.05) is 5.88 Å². The van der Waals surface area contributed by atoms with Crippen molar-refractivity contribution in [1.82, 2.24) is 5.32 Å². The summed E-state index contributed by atoms with van der Waals surface area (Å²) in [6, 6.07) is 0. The lowest BCUT2D eigenvalue weighted by atomic mass is 10.0. The van der Waals surface area contributed by atoms with Gasteiger partial charge in [0.25, 0.3) is 0 Å². The van der Waals surface area contributed by atoms with Crippen LogP contribution in [0.4, 0.5) is 4.79 Å². The maximum absolute atomic E-state index is 11.4. The number of aliphatic carboxylic acids is 1. The van der Waals surface area contributed by atoms with Crippen LogP contribution in [-0.2, 0) is 9.53 Å². The summed E-state index contributed by atoms with van der Waals surface area (Å²) < 4.78 is 5.02. The standard InChI is InChI=1S/C10H18ClNO4/c1-9(2,3)16-8(15)12-10(4,6-11)5-7(13)14/h5-6H2,1-4H3,(H,12,15)(H,13,14)/t10-/m1/s1. The molecule has 6 heteroatoms. The van der Waals surface area contributed by atoms with E-state index >= 15 is 0 Å². The highest BCUT2D eigenvalue weighted by Crippen LogP contribution is 2.14. The van der Waals surface area contributed by atoms with Crippen LogP contribution in [-0.4, -0.2) is 34.2 Å². The molecule has 1 amide bonds. The van der Waals surface area contributed by atoms with Crippen molar-refractivity contribution in [3.63, 3.8) is 0 Å². The molecule has 0 unspecified atom stereocenters. The van der Waals surface area contributed by atoms with Gasteiger partial charge in [0.15, 0.2) is 0 Å². The monoisotopic (exact) mass is 251 g/mol. The maximum atomic E-state index is 11.4. The molecule has 5 nitrogen and oxygen atoms in total. The number of rotatable bonds is 4. The highest BCUT2D eigenvalue weighted by molar-refractivity contribution is 6.18. The molecule has 94 valence electrons. The third-order valence-electron chi connectivity index (χ3n) is 1.64. The van der Waals surface area contributed by atoms with Crippen molar-refractivity contribution in [2.24, 2.45) is 0 Å². The predicted molar refractivity (Wildman–Crippen MR) is 60.7 cm³/mol. The SMILES string of the molecule is CC(C)(C)OC(=O)N[C@@](C)(CCl)CC(=O)O. The number of hydrogen-bond acceptors (Lipinski definition) is 3. The molecule has 2 N–H and O–H groups in total. The van der Waals surface area contributed by atoms with Gasteiger partial charge in [-0.25, -0.2) is 4.79 Å². The van der Waals surface area contributed by atoms with Crippen molar-refractivity contribution in [3.05, 3.63) is 0 Å². The molecule has 0 spiro atoms. The molecule has 0 heterocycles. The Hall–Kier alpha value is -0.970. The van der Waals surface area contributed by atoms with Crippen LogP contribution in [0.2, 0.25) is 0 Å². The number of carboxylic acids is 1. The Balaban J connectivity index is 4.42. The van der Waals surface area contributed by atoms with E-state index in [1.54, 1.807) is 27.7 Å². The van der Waals surface area contributed by atoms with Crippen LogP contribution in [0.1, 0.15) is 34.1 Å². The van der Waals surface area contributed by atoms with E-state index in [0.29, 0.717) is 0 Å². The molecule has 0 saturated carbocycles. The number of carbonyl (C=O) groups excluding carboxylic acids is 1. The Kier molecular flexibility index (Phi) is 5.06. The molecule has 0 aromatic heterocycles. The first kappa shape index (κ1) is 15.0. The summed E-state index contributed by atoms with van der Waals surface area (Å²) in [6.45, 7) is 6.73. The van der Waals surface area contributed by atoms with Crippen molar-refractivity contribution < 1.29 is 19.4 Å². The summed E-state index contributed by atoms with van der Waals surface area (Å²) in [7, 11) is 0. The summed E-state index contributed by atoms with van der Waals surface area (Å²) in [5.41, 5.74) is -1.63. The number of ether oxygens (including phenoxy) is 1. The van der Waals surface area contributed by atoms with E-state index in [0.717, 1.165) is 0 Å². The van der Waals surface area contributed by atoms with Crippen molar-refractivity contribution in [1.29, 1.82) is 0 Å². The van der Waals surface area contributed by atoms with Gasteiger partial charge in [0.1, 0.15) is 5.60 Å². The molecule has 1 atom stereocenters. The second-order valence-electron chi connectivity index (χ2n) is 4.89. The molecule has 0 radical (unpaired) electrons. The lowest BCUT2D eigenvalue weighted by molar-refractivity contribution is -0.138. The second-order valence-corrected chi connectivity index (χ2v) is 5.16. The number of alkyl carbamates (subject to hydrolysis) is 1. The number of carboxylic acid groups (broad SMARTS) is 1. The Morgan fingerprint density at radius 3 is 2.12 bits per heavy atom. The average Bonchev–Trinajstić information content (AvgIpc) is 1.98. The third-order valence-corrected chi connectivity index (χ3v) is 2.23. The molecular weight excluding hydrogens is 234 g/mol. The Morgan fingerprint density at radius 2 is 1.81 bits per heavy atom. The highest BCUT2D eigenvalue weighted by atomic mass is 35.5. The Bertz CT molecular complexity index is 274. The molecule has 0 aliphatic carbocycles. The van der Waals surface area contributed by atoms with Gasteiger partial charge in [-0.2, -0.15) is 0 Å². The zero-order valence-electron chi connectivity index (χ0n) is 9.96. The fourth-order valence-corrected chi connectivity index (χ4v) is 1.17. The van der Waals surface area contributed by atoms with Gasteiger partial charge < -0.3 is 15.2 Å². The molecular formula is C10H18ClNO4. The zero-order valence-corrected chi connectivity index (χ0v) is 10.7. The quantitative estimate of drug-likeness (QED) is 0.749. The molecule has 0 rings (SSSR count). The van der Waals surface area contributed by atoms with E-state index in [1.165, 1.54) is 0 Å². The van der Waals surface area contributed by atoms with Gasteiger partial charge in [-0.3, -0.25) is 4.79 Å². The topological polar surface area (TPSA) is 75.6 Å². The first-order valence-electron chi connectivity index (χ1n) is 4.87. The molecule has 16 heavy (non-hydrogen) atoms. The van der Waals surface area contributed by atoms with Gasteiger partial charge in [0.05, 0.1) is 12.0 Å². The maximum Gasteiger partial charge on any atom is 0.408 e. The van der Waals surface area contributed by atoms with E-state index < -0.39 is 23.2 Å². The number of nitrogens with one attached hydrogen (secondary N) is 1. The van der Waals surface area contributed by atoms with Crippen molar-refractivity contribution in [2.75, 3.05) is 5.88 Å². The minimum absolute atomic E-state index is 0.00145. The van der Waals surface area contributed by atoms with Crippen LogP contribution in [0.15, 0.2) is 0 Å². The van der Waals surface area contributed by atoms with Gasteiger partial charge in [0.2, 0.25) is 0 Å². The van der Waals surface area contributed by atoms with Crippen LogP contribution in [0.5, 0.6) is 0 Å². The lowest BCUT2D eigenvalue weighted by Crippen LogP contribution is -2.50. The lowest BCUT2D eigenvalue weighted by Gasteiger charge is -2.28. The summed E-state index contributed by atoms with van der Waals surface area (Å²) in [6.07, 6.45) is -0.924. The van der Waals surface area contributed by atoms with E-state index in [4.69, 9.17) is 21.4 Å². The minimum atomic E-state index is -1.03. The van der Waals surface area contributed by atoms with Gasteiger partial charge in [-0.15, -0.1) is 11.6 Å². The fraction of sp³-hybridized carbons (Fsp3) is 0.800. The normalized spacial score (nSPS) is 15.1. The molecule has 0 saturated heterocycles. The van der Waals surface area contributed by atoms with E-state index in [9.17, 15) is 9.59 Å². The summed E-state index contributed by atoms with van der Waals surface area (Å²) >= 11 is 5.63. The minimum Gasteiger partial charge on any atom is -0.481 e. The average molecular weight is 252 g/mol. The molecule has 0 fully saturated rings. The molecule has 0 aliphatic heterocycles. The second kappa shape index (κ2) is 5.39. The number of hydrogen-bond donors (Lipinski definition) is 2. The smallest absolute Gasteiger partial charge is 0.408 e. The first-order chi connectivity index (χ1) is 7.08. The number of alkyl halides is 1. The van der Waals surface area contributed by atoms with E-state index in [1.807, 2.05) is 0 Å². The van der Waals surface area contributed by atoms with Gasteiger partial charge in [-0.1, -0.05) is 0 Å². The first-order valence-corrected chi connectivity index (χ1v) is 5.40. The van der Waals surface area contributed by atoms with Crippen molar-refractivity contribution >= 4 is 23.7 Å². The van der Waals surface area contributed by atoms with Crippen LogP contribution < -0.4 is 5.32 Å². The van der Waals surface area contributed by atoms with Crippen LogP contribution >= 0.6 is 11.6 Å². The number of halogens is 1. The van der Waals surface area contributed by atoms with Crippen molar-refractivity contribution in [2.45, 2.75) is 45.3 Å². The van der Waals surface area contributed by atoms with Crippen LogP contribution in [0.25, 0.3) is 0 Å². The molecule has 0 aromatic carbocycles. The zero-order chi connectivity index (χ0) is 13.0. The van der Waals surface area contributed by atoms with Gasteiger partial charge >= 0.3 is 12.1 Å². The van der Waals surface area contributed by atoms with Crippen molar-refractivity contribution in [3.8, 4) is 0 Å². The fourth-order valence-electron chi connectivity index (χ4n) is 1.01. The number of amides is 1. The van der Waals surface area contributed by atoms with Crippen LogP contribution in [0, 0.1) is 0 Å². The van der Waals surface area contributed by atoms with E-state index in [2.05, 4.69) is 5.32 Å². The summed E-state index contributed by atoms with van der Waals surface area (Å²) in [5.74, 6) is -1.03. The van der Waals surface area contributed by atoms with Gasteiger partial charge in [-0.05, 0) is 27.7 Å². The number of carbonyl (C=O) groups is 2. The van der Waals surface area contributed by atoms with E-state index in [-0.39, 0.29) is 12.3 Å². The predicted octanol–water partition coefficient (Wildman–Crippen LogP) is 1.98. The third kappa shape index (κ3) is 6.50. The Morgan fingerprint density at radius 1 is 1.31 bits per heavy atom. The highest BCUT2D eigenvalue weighted by Gasteiger charge is 2.30.